The molecule has 1 heterocycles. The summed E-state index contributed by atoms with van der Waals surface area (Å²) in [6.07, 6.45) is 2.11. The molecule has 256 valence electrons. The number of hydrogen-bond acceptors (Lipinski definition) is 7. The summed E-state index contributed by atoms with van der Waals surface area (Å²) in [5, 5.41) is 15.2. The van der Waals surface area contributed by atoms with Crippen LogP contribution in [0.25, 0.3) is 11.1 Å². The first-order chi connectivity index (χ1) is 23.9. The molecular formula is C40H45N3O6. The lowest BCUT2D eigenvalue weighted by molar-refractivity contribution is -0.252. The Bertz CT molecular complexity index is 1660. The summed E-state index contributed by atoms with van der Waals surface area (Å²) in [6, 6.07) is 32.1. The van der Waals surface area contributed by atoms with Gasteiger partial charge in [0.05, 0.1) is 25.9 Å². The molecule has 9 heteroatoms. The molecule has 49 heavy (non-hydrogen) atoms. The molecule has 0 saturated carbocycles. The zero-order valence-corrected chi connectivity index (χ0v) is 28.1. The van der Waals surface area contributed by atoms with Gasteiger partial charge in [-0.2, -0.15) is 0 Å². The molecule has 0 bridgehead atoms. The molecule has 0 aliphatic carbocycles. The lowest BCUT2D eigenvalue weighted by Crippen LogP contribution is -2.47. The van der Waals surface area contributed by atoms with Crippen LogP contribution in [0.2, 0.25) is 0 Å². The number of aliphatic hydroxyl groups is 1. The fourth-order valence-electron chi connectivity index (χ4n) is 6.02. The van der Waals surface area contributed by atoms with Crippen molar-refractivity contribution in [1.29, 1.82) is 0 Å². The van der Waals surface area contributed by atoms with Gasteiger partial charge in [-0.25, -0.2) is 9.59 Å². The predicted molar refractivity (Wildman–Crippen MR) is 189 cm³/mol. The van der Waals surface area contributed by atoms with Crippen LogP contribution in [0.3, 0.4) is 0 Å². The minimum atomic E-state index is -0.819. The van der Waals surface area contributed by atoms with Crippen molar-refractivity contribution < 1.29 is 28.9 Å². The molecule has 2 amide bonds. The molecule has 0 radical (unpaired) electrons. The number of carbonyl (C=O) groups excluding carboxylic acids is 2. The number of rotatable bonds is 14. The van der Waals surface area contributed by atoms with Crippen molar-refractivity contribution in [2.75, 3.05) is 27.2 Å². The van der Waals surface area contributed by atoms with Gasteiger partial charge in [-0.05, 0) is 40.4 Å². The highest BCUT2D eigenvalue weighted by Crippen LogP contribution is 2.38. The van der Waals surface area contributed by atoms with Gasteiger partial charge in [0.1, 0.15) is 6.04 Å². The van der Waals surface area contributed by atoms with Crippen molar-refractivity contribution in [1.82, 2.24) is 15.5 Å². The van der Waals surface area contributed by atoms with E-state index in [9.17, 15) is 14.7 Å². The van der Waals surface area contributed by atoms with Crippen LogP contribution in [-0.4, -0.2) is 61.4 Å². The quantitative estimate of drug-likeness (QED) is 0.111. The first-order valence-corrected chi connectivity index (χ1v) is 16.5. The van der Waals surface area contributed by atoms with Crippen LogP contribution in [-0.2, 0) is 38.6 Å². The highest BCUT2D eigenvalue weighted by Gasteiger charge is 2.32. The third-order valence-corrected chi connectivity index (χ3v) is 8.60. The van der Waals surface area contributed by atoms with Gasteiger partial charge in [-0.15, -0.1) is 6.58 Å². The van der Waals surface area contributed by atoms with Crippen LogP contribution in [0.5, 0.6) is 0 Å². The van der Waals surface area contributed by atoms with Crippen molar-refractivity contribution in [2.45, 2.75) is 50.5 Å². The molecule has 9 nitrogen and oxygen atoms in total. The number of urea groups is 1. The highest BCUT2D eigenvalue weighted by atomic mass is 16.7. The van der Waals surface area contributed by atoms with Crippen LogP contribution in [0, 0.1) is 0 Å². The van der Waals surface area contributed by atoms with Gasteiger partial charge in [0, 0.05) is 38.0 Å². The smallest absolute Gasteiger partial charge is 0.328 e. The summed E-state index contributed by atoms with van der Waals surface area (Å²) in [5.41, 5.74) is 6.59. The summed E-state index contributed by atoms with van der Waals surface area (Å²) in [4.78, 5) is 27.5. The average Bonchev–Trinajstić information content (AvgIpc) is 3.14. The normalized spacial score (nSPS) is 18.0. The number of nitrogens with zero attached hydrogens (tertiary/aromatic N) is 1. The fraction of sp³-hybridized carbons (Fsp3) is 0.300. The first kappa shape index (κ1) is 35.5. The molecule has 4 aromatic rings. The van der Waals surface area contributed by atoms with Crippen molar-refractivity contribution >= 4 is 12.0 Å². The predicted octanol–water partition coefficient (Wildman–Crippen LogP) is 6.09. The minimum Gasteiger partial charge on any atom is -0.467 e. The SMILES string of the molecule is C=CCN(C)CC1CC(c2ccc(CO)cc2)OC(c2ccc(-c3ccccc3CNC(=O)NC(Cc3ccccc3)C(=O)OC)cc2)O1. The third kappa shape index (κ3) is 9.87. The van der Waals surface area contributed by atoms with E-state index >= 15 is 0 Å². The largest absolute Gasteiger partial charge is 0.467 e. The van der Waals surface area contributed by atoms with Gasteiger partial charge in [0.15, 0.2) is 6.29 Å². The van der Waals surface area contributed by atoms with Crippen LogP contribution in [0.4, 0.5) is 4.79 Å². The summed E-state index contributed by atoms with van der Waals surface area (Å²) < 4.78 is 17.9. The number of carbonyl (C=O) groups is 2. The molecule has 1 aliphatic heterocycles. The molecule has 0 spiro atoms. The standard InChI is InChI=1S/C40H45N3O6/c1-4-22-43(2)26-34-24-37(31-16-14-29(27-44)15-17-31)49-39(48-34)32-20-18-30(19-21-32)35-13-9-8-12-33(35)25-41-40(46)42-36(38(45)47-3)23-28-10-6-5-7-11-28/h4-21,34,36-37,39,44H,1,22-27H2,2-3H3,(H2,41,42,46). The number of amides is 2. The maximum atomic E-state index is 12.9. The molecule has 4 unspecified atom stereocenters. The summed E-state index contributed by atoms with van der Waals surface area (Å²) in [6.45, 7) is 5.60. The zero-order chi connectivity index (χ0) is 34.6. The van der Waals surface area contributed by atoms with E-state index < -0.39 is 24.3 Å². The van der Waals surface area contributed by atoms with E-state index in [1.165, 1.54) is 7.11 Å². The zero-order valence-electron chi connectivity index (χ0n) is 28.1. The number of ether oxygens (including phenoxy) is 3. The van der Waals surface area contributed by atoms with Crippen molar-refractivity contribution in [2.24, 2.45) is 0 Å². The highest BCUT2D eigenvalue weighted by molar-refractivity contribution is 5.84. The number of aliphatic hydroxyl groups excluding tert-OH is 1. The Morgan fingerprint density at radius 2 is 1.63 bits per heavy atom. The van der Waals surface area contributed by atoms with E-state index in [0.717, 1.165) is 52.0 Å². The molecule has 1 saturated heterocycles. The van der Waals surface area contributed by atoms with E-state index in [2.05, 4.69) is 22.1 Å². The van der Waals surface area contributed by atoms with E-state index in [0.29, 0.717) is 12.8 Å². The first-order valence-electron chi connectivity index (χ1n) is 16.5. The molecule has 5 rings (SSSR count). The molecule has 0 aromatic heterocycles. The van der Waals surface area contributed by atoms with Gasteiger partial charge in [-0.1, -0.05) is 109 Å². The van der Waals surface area contributed by atoms with Gasteiger partial charge in [0.25, 0.3) is 0 Å². The van der Waals surface area contributed by atoms with E-state index in [1.807, 2.05) is 116 Å². The van der Waals surface area contributed by atoms with Gasteiger partial charge in [-0.3, -0.25) is 0 Å². The van der Waals surface area contributed by atoms with Gasteiger partial charge < -0.3 is 34.9 Å². The Labute approximate surface area is 288 Å². The lowest BCUT2D eigenvalue weighted by atomic mass is 9.97. The van der Waals surface area contributed by atoms with E-state index in [4.69, 9.17) is 14.2 Å². The Kier molecular flexibility index (Phi) is 12.7. The third-order valence-electron chi connectivity index (χ3n) is 8.60. The molecule has 4 aromatic carbocycles. The Morgan fingerprint density at radius 1 is 0.939 bits per heavy atom. The number of benzene rings is 4. The van der Waals surface area contributed by atoms with E-state index in [-0.39, 0.29) is 25.4 Å². The number of esters is 1. The molecule has 1 fully saturated rings. The monoisotopic (exact) mass is 663 g/mol. The maximum absolute atomic E-state index is 12.9. The molecule has 4 atom stereocenters. The van der Waals surface area contributed by atoms with Crippen LogP contribution < -0.4 is 10.6 Å². The molecule has 3 N–H and O–H groups in total. The molecular weight excluding hydrogens is 618 g/mol. The number of methoxy groups -OCH3 is 1. The van der Waals surface area contributed by atoms with E-state index in [1.54, 1.807) is 0 Å². The lowest BCUT2D eigenvalue weighted by Gasteiger charge is -2.37. The molecule has 1 aliphatic rings. The Balaban J connectivity index is 1.27. The van der Waals surface area contributed by atoms with Gasteiger partial charge in [0.2, 0.25) is 0 Å². The topological polar surface area (TPSA) is 109 Å². The second-order valence-corrected chi connectivity index (χ2v) is 12.2. The second-order valence-electron chi connectivity index (χ2n) is 12.2. The number of likely N-dealkylation sites (N-methyl/N-ethyl adjacent to an activating group) is 1. The van der Waals surface area contributed by atoms with Crippen molar-refractivity contribution in [3.63, 3.8) is 0 Å². The van der Waals surface area contributed by atoms with Gasteiger partial charge >= 0.3 is 12.0 Å². The fourth-order valence-corrected chi connectivity index (χ4v) is 6.02. The second kappa shape index (κ2) is 17.6. The van der Waals surface area contributed by atoms with Crippen LogP contribution in [0.15, 0.2) is 116 Å². The minimum absolute atomic E-state index is 0.00410. The average molecular weight is 664 g/mol. The Morgan fingerprint density at radius 3 is 2.33 bits per heavy atom. The van der Waals surface area contributed by atoms with Crippen LogP contribution in [0.1, 0.15) is 46.6 Å². The maximum Gasteiger partial charge on any atom is 0.328 e. The summed E-state index contributed by atoms with van der Waals surface area (Å²) in [7, 11) is 3.36. The number of nitrogens with one attached hydrogen (secondary N) is 2. The summed E-state index contributed by atoms with van der Waals surface area (Å²) in [5.74, 6) is -0.508. The summed E-state index contributed by atoms with van der Waals surface area (Å²) >= 11 is 0. The Hall–Kier alpha value is -4.80. The van der Waals surface area contributed by atoms with Crippen molar-refractivity contribution in [3.05, 3.63) is 144 Å². The van der Waals surface area contributed by atoms with Crippen LogP contribution >= 0.6 is 0 Å². The number of hydrogen-bond donors (Lipinski definition) is 3. The van der Waals surface area contributed by atoms with Crippen molar-refractivity contribution in [3.8, 4) is 11.1 Å².